The topological polar surface area (TPSA) is 38.9 Å². The van der Waals surface area contributed by atoms with Gasteiger partial charge in [-0.25, -0.2) is 9.97 Å². The highest BCUT2D eigenvalue weighted by Crippen LogP contribution is 2.44. The van der Waals surface area contributed by atoms with Crippen molar-refractivity contribution in [1.29, 1.82) is 0 Å². The van der Waals surface area contributed by atoms with Crippen LogP contribution >= 0.6 is 11.3 Å². The van der Waals surface area contributed by atoms with Crippen LogP contribution in [0.4, 0.5) is 0 Å². The molecule has 0 N–H and O–H groups in total. The molecule has 3 aromatic heterocycles. The van der Waals surface area contributed by atoms with Crippen molar-refractivity contribution in [3.8, 4) is 56.2 Å². The fraction of sp³-hybridized carbons (Fsp3) is 0. The fourth-order valence-corrected chi connectivity index (χ4v) is 8.22. The second-order valence-electron chi connectivity index (χ2n) is 12.5. The number of hydrogen-bond donors (Lipinski definition) is 0. The molecule has 10 rings (SSSR count). The van der Waals surface area contributed by atoms with Crippen LogP contribution in [-0.4, -0.2) is 9.97 Å². The van der Waals surface area contributed by atoms with E-state index < -0.39 is 0 Å². The van der Waals surface area contributed by atoms with Crippen LogP contribution in [0.2, 0.25) is 0 Å². The smallest absolute Gasteiger partial charge is 0.160 e. The van der Waals surface area contributed by atoms with Crippen LogP contribution < -0.4 is 0 Å². The number of fused-ring (bicyclic) bond motifs is 6. The van der Waals surface area contributed by atoms with E-state index in [4.69, 9.17) is 14.4 Å². The Balaban J connectivity index is 1.17. The van der Waals surface area contributed by atoms with Crippen molar-refractivity contribution in [2.24, 2.45) is 0 Å². The second-order valence-corrected chi connectivity index (χ2v) is 13.6. The van der Waals surface area contributed by atoms with E-state index in [1.807, 2.05) is 35.6 Å². The number of para-hydroxylation sites is 1. The van der Waals surface area contributed by atoms with Crippen molar-refractivity contribution in [1.82, 2.24) is 9.97 Å². The van der Waals surface area contributed by atoms with Gasteiger partial charge in [0, 0.05) is 53.2 Å². The first kappa shape index (κ1) is 28.6. The van der Waals surface area contributed by atoms with E-state index in [2.05, 4.69) is 146 Å². The Morgan fingerprint density at radius 2 is 1.00 bits per heavy atom. The lowest BCUT2D eigenvalue weighted by molar-refractivity contribution is 0.670. The molecule has 0 aliphatic carbocycles. The number of aromatic nitrogens is 2. The summed E-state index contributed by atoms with van der Waals surface area (Å²) in [4.78, 5) is 10.4. The number of nitrogens with zero attached hydrogens (tertiary/aromatic N) is 2. The first-order chi connectivity index (χ1) is 24.8. The maximum absolute atomic E-state index is 6.72. The summed E-state index contributed by atoms with van der Waals surface area (Å²) >= 11 is 1.83. The Morgan fingerprint density at radius 1 is 0.400 bits per heavy atom. The molecule has 0 radical (unpaired) electrons. The van der Waals surface area contributed by atoms with Crippen LogP contribution in [0.15, 0.2) is 174 Å². The zero-order valence-electron chi connectivity index (χ0n) is 26.9. The zero-order chi connectivity index (χ0) is 33.0. The third-order valence-corrected chi connectivity index (χ3v) is 10.7. The highest BCUT2D eigenvalue weighted by molar-refractivity contribution is 7.25. The average Bonchev–Trinajstić information content (AvgIpc) is 3.77. The summed E-state index contributed by atoms with van der Waals surface area (Å²) in [6.07, 6.45) is 0. The molecule has 0 fully saturated rings. The van der Waals surface area contributed by atoms with Crippen LogP contribution in [0.3, 0.4) is 0 Å². The number of rotatable bonds is 5. The molecule has 234 valence electrons. The van der Waals surface area contributed by atoms with E-state index in [1.165, 1.54) is 25.7 Å². The predicted octanol–water partition coefficient (Wildman–Crippen LogP) is 13.1. The number of hydrogen-bond acceptors (Lipinski definition) is 4. The molecule has 3 nitrogen and oxygen atoms in total. The number of benzene rings is 7. The molecule has 3 heterocycles. The minimum atomic E-state index is 0.682. The van der Waals surface area contributed by atoms with Crippen molar-refractivity contribution < 1.29 is 4.42 Å². The molecule has 7 aromatic carbocycles. The van der Waals surface area contributed by atoms with E-state index in [1.54, 1.807) is 0 Å². The Bertz CT molecular complexity index is 2850. The van der Waals surface area contributed by atoms with Gasteiger partial charge in [0.15, 0.2) is 5.82 Å². The molecule has 10 aromatic rings. The quantitative estimate of drug-likeness (QED) is 0.185. The fourth-order valence-electron chi connectivity index (χ4n) is 7.08. The van der Waals surface area contributed by atoms with Gasteiger partial charge in [0.1, 0.15) is 11.2 Å². The number of thiophene rings is 1. The molecule has 0 saturated heterocycles. The SMILES string of the molecule is c1ccc(-c2ccc(-c3nc(-c4ccccc4)cc(-c4ccc(-c5ccc6c(c5)sc5ccccc56)c5oc6ccccc6c45)n3)cc2)cc1. The Morgan fingerprint density at radius 3 is 1.82 bits per heavy atom. The normalized spacial score (nSPS) is 11.6. The van der Waals surface area contributed by atoms with Gasteiger partial charge < -0.3 is 4.42 Å². The molecule has 0 spiro atoms. The molecule has 0 aliphatic rings. The summed E-state index contributed by atoms with van der Waals surface area (Å²) in [7, 11) is 0. The molecule has 0 amide bonds. The van der Waals surface area contributed by atoms with Crippen LogP contribution in [0.1, 0.15) is 0 Å². The monoisotopic (exact) mass is 656 g/mol. The van der Waals surface area contributed by atoms with Gasteiger partial charge in [-0.1, -0.05) is 140 Å². The van der Waals surface area contributed by atoms with Crippen LogP contribution in [0, 0.1) is 0 Å². The largest absolute Gasteiger partial charge is 0.455 e. The van der Waals surface area contributed by atoms with Crippen molar-refractivity contribution in [2.75, 3.05) is 0 Å². The Hall–Kier alpha value is -6.36. The lowest BCUT2D eigenvalue weighted by Gasteiger charge is -2.12. The summed E-state index contributed by atoms with van der Waals surface area (Å²) in [5, 5.41) is 4.70. The Labute approximate surface area is 292 Å². The van der Waals surface area contributed by atoms with Crippen LogP contribution in [-0.2, 0) is 0 Å². The van der Waals surface area contributed by atoms with Crippen LogP contribution in [0.25, 0.3) is 98.3 Å². The molecule has 4 heteroatoms. The van der Waals surface area contributed by atoms with E-state index in [0.29, 0.717) is 5.82 Å². The summed E-state index contributed by atoms with van der Waals surface area (Å²) in [5.74, 6) is 0.682. The average molecular weight is 657 g/mol. The van der Waals surface area contributed by atoms with E-state index in [9.17, 15) is 0 Å². The summed E-state index contributed by atoms with van der Waals surface area (Å²) in [6.45, 7) is 0. The summed E-state index contributed by atoms with van der Waals surface area (Å²) < 4.78 is 9.28. The first-order valence-corrected chi connectivity index (χ1v) is 17.6. The van der Waals surface area contributed by atoms with Gasteiger partial charge in [0.05, 0.1) is 11.4 Å². The molecular weight excluding hydrogens is 629 g/mol. The lowest BCUT2D eigenvalue weighted by atomic mass is 9.95. The van der Waals surface area contributed by atoms with E-state index in [-0.39, 0.29) is 0 Å². The van der Waals surface area contributed by atoms with Crippen molar-refractivity contribution in [3.63, 3.8) is 0 Å². The van der Waals surface area contributed by atoms with Gasteiger partial charge in [0.2, 0.25) is 0 Å². The third kappa shape index (κ3) is 4.80. The maximum Gasteiger partial charge on any atom is 0.160 e. The summed E-state index contributed by atoms with van der Waals surface area (Å²) in [5.41, 5.74) is 11.0. The minimum absolute atomic E-state index is 0.682. The highest BCUT2D eigenvalue weighted by Gasteiger charge is 2.20. The standard InChI is InChI=1S/C46H28N2OS/c1-3-11-29(12-4-1)30-19-21-32(22-20-30)46-47-39(31-13-5-2-6-14-31)28-40(48-46)37-26-25-34(45-44(37)38-16-7-9-17-41(38)49-45)33-23-24-36-35-15-8-10-18-42(35)50-43(36)27-33/h1-28H. The number of furan rings is 1. The van der Waals surface area contributed by atoms with Gasteiger partial charge in [-0.05, 0) is 47.0 Å². The molecule has 0 saturated carbocycles. The van der Waals surface area contributed by atoms with Crippen molar-refractivity contribution in [3.05, 3.63) is 170 Å². The molecule has 0 unspecified atom stereocenters. The Kier molecular flexibility index (Phi) is 6.68. The molecular formula is C46H28N2OS. The van der Waals surface area contributed by atoms with Crippen molar-refractivity contribution >= 4 is 53.4 Å². The molecule has 0 atom stereocenters. The minimum Gasteiger partial charge on any atom is -0.455 e. The van der Waals surface area contributed by atoms with Crippen LogP contribution in [0.5, 0.6) is 0 Å². The lowest BCUT2D eigenvalue weighted by Crippen LogP contribution is -1.96. The van der Waals surface area contributed by atoms with E-state index in [0.717, 1.165) is 66.7 Å². The maximum atomic E-state index is 6.72. The van der Waals surface area contributed by atoms with E-state index >= 15 is 0 Å². The summed E-state index contributed by atoms with van der Waals surface area (Å²) in [6, 6.07) is 59.5. The van der Waals surface area contributed by atoms with Gasteiger partial charge in [-0.2, -0.15) is 0 Å². The van der Waals surface area contributed by atoms with Gasteiger partial charge >= 0.3 is 0 Å². The van der Waals surface area contributed by atoms with Gasteiger partial charge in [-0.3, -0.25) is 0 Å². The molecule has 0 bridgehead atoms. The molecule has 0 aliphatic heterocycles. The molecule has 50 heavy (non-hydrogen) atoms. The second kappa shape index (κ2) is 11.7. The third-order valence-electron chi connectivity index (χ3n) is 9.54. The highest BCUT2D eigenvalue weighted by atomic mass is 32.1. The van der Waals surface area contributed by atoms with Gasteiger partial charge in [0.25, 0.3) is 0 Å². The van der Waals surface area contributed by atoms with Crippen molar-refractivity contribution in [2.45, 2.75) is 0 Å². The zero-order valence-corrected chi connectivity index (χ0v) is 27.7. The first-order valence-electron chi connectivity index (χ1n) is 16.7. The predicted molar refractivity (Wildman–Crippen MR) is 209 cm³/mol. The van der Waals surface area contributed by atoms with Gasteiger partial charge in [-0.15, -0.1) is 11.3 Å².